The van der Waals surface area contributed by atoms with E-state index in [0.29, 0.717) is 17.9 Å². The molecule has 2 rings (SSSR count). The van der Waals surface area contributed by atoms with Crippen molar-refractivity contribution in [1.82, 2.24) is 0 Å². The van der Waals surface area contributed by atoms with Crippen LogP contribution in [0.15, 0.2) is 18.2 Å². The van der Waals surface area contributed by atoms with E-state index in [1.54, 1.807) is 12.1 Å². The smallest absolute Gasteiger partial charge is 0.258 e. The number of hydrogen-bond donors (Lipinski definition) is 2. The summed E-state index contributed by atoms with van der Waals surface area (Å²) in [5.41, 5.74) is 12.1. The van der Waals surface area contributed by atoms with E-state index in [0.717, 1.165) is 12.0 Å². The molecule has 4 N–H and O–H groups in total. The standard InChI is InChI=1S/C15H22N2O3/c1-4-12(14(17)18)19-9-5-6-10-11(16)8-15(2,3)20-13(10)7-9/h5-7,11-12H,4,8,16H2,1-3H3,(H2,17,18). The predicted molar refractivity (Wildman–Crippen MR) is 76.6 cm³/mol. The maximum atomic E-state index is 11.2. The van der Waals surface area contributed by atoms with E-state index in [1.165, 1.54) is 0 Å². The number of benzene rings is 1. The Labute approximate surface area is 119 Å². The second-order valence-corrected chi connectivity index (χ2v) is 5.79. The number of carbonyl (C=O) groups excluding carboxylic acids is 1. The number of hydrogen-bond acceptors (Lipinski definition) is 4. The molecule has 0 aliphatic carbocycles. The normalized spacial score (nSPS) is 21.5. The van der Waals surface area contributed by atoms with Gasteiger partial charge in [0.05, 0.1) is 0 Å². The number of rotatable bonds is 4. The van der Waals surface area contributed by atoms with Gasteiger partial charge in [-0.15, -0.1) is 0 Å². The van der Waals surface area contributed by atoms with Gasteiger partial charge in [0.1, 0.15) is 17.1 Å². The topological polar surface area (TPSA) is 87.6 Å². The van der Waals surface area contributed by atoms with Gasteiger partial charge in [-0.1, -0.05) is 13.0 Å². The number of ether oxygens (including phenoxy) is 2. The Morgan fingerprint density at radius 3 is 2.85 bits per heavy atom. The van der Waals surface area contributed by atoms with Gasteiger partial charge in [-0.05, 0) is 26.3 Å². The van der Waals surface area contributed by atoms with E-state index < -0.39 is 12.0 Å². The molecule has 2 atom stereocenters. The first-order valence-corrected chi connectivity index (χ1v) is 6.87. The van der Waals surface area contributed by atoms with Crippen LogP contribution in [-0.2, 0) is 4.79 Å². The largest absolute Gasteiger partial charge is 0.487 e. The molecule has 0 radical (unpaired) electrons. The SMILES string of the molecule is CCC(Oc1ccc2c(c1)OC(C)(C)CC2N)C(N)=O. The number of primary amides is 1. The van der Waals surface area contributed by atoms with Gasteiger partial charge in [0.2, 0.25) is 0 Å². The van der Waals surface area contributed by atoms with Gasteiger partial charge in [0, 0.05) is 24.1 Å². The maximum Gasteiger partial charge on any atom is 0.258 e. The fraction of sp³-hybridized carbons (Fsp3) is 0.533. The molecule has 0 spiro atoms. The Balaban J connectivity index is 2.25. The third-order valence-electron chi connectivity index (χ3n) is 3.45. The monoisotopic (exact) mass is 278 g/mol. The van der Waals surface area contributed by atoms with Crippen LogP contribution in [0.3, 0.4) is 0 Å². The summed E-state index contributed by atoms with van der Waals surface area (Å²) >= 11 is 0. The van der Waals surface area contributed by atoms with Crippen molar-refractivity contribution in [2.75, 3.05) is 0 Å². The van der Waals surface area contributed by atoms with Gasteiger partial charge in [-0.3, -0.25) is 4.79 Å². The minimum atomic E-state index is -0.627. The van der Waals surface area contributed by atoms with Crippen molar-refractivity contribution in [3.8, 4) is 11.5 Å². The van der Waals surface area contributed by atoms with Crippen LogP contribution in [0.25, 0.3) is 0 Å². The van der Waals surface area contributed by atoms with Crippen LogP contribution in [0, 0.1) is 0 Å². The molecule has 20 heavy (non-hydrogen) atoms. The highest BCUT2D eigenvalue weighted by molar-refractivity contribution is 5.79. The van der Waals surface area contributed by atoms with E-state index in [9.17, 15) is 4.79 Å². The molecule has 5 nitrogen and oxygen atoms in total. The molecule has 1 aromatic rings. The summed E-state index contributed by atoms with van der Waals surface area (Å²) < 4.78 is 11.5. The lowest BCUT2D eigenvalue weighted by atomic mass is 9.90. The summed E-state index contributed by atoms with van der Waals surface area (Å²) in [5.74, 6) is 0.813. The highest BCUT2D eigenvalue weighted by Gasteiger charge is 2.32. The molecule has 110 valence electrons. The lowest BCUT2D eigenvalue weighted by Gasteiger charge is -2.36. The lowest BCUT2D eigenvalue weighted by molar-refractivity contribution is -0.124. The zero-order chi connectivity index (χ0) is 14.9. The van der Waals surface area contributed by atoms with Gasteiger partial charge in [-0.25, -0.2) is 0 Å². The molecule has 0 saturated carbocycles. The summed E-state index contributed by atoms with van der Waals surface area (Å²) in [7, 11) is 0. The zero-order valence-electron chi connectivity index (χ0n) is 12.2. The highest BCUT2D eigenvalue weighted by atomic mass is 16.5. The van der Waals surface area contributed by atoms with Crippen LogP contribution in [0.5, 0.6) is 11.5 Å². The summed E-state index contributed by atoms with van der Waals surface area (Å²) in [4.78, 5) is 11.2. The quantitative estimate of drug-likeness (QED) is 0.880. The Hall–Kier alpha value is -1.75. The molecule has 1 heterocycles. The highest BCUT2D eigenvalue weighted by Crippen LogP contribution is 2.40. The second kappa shape index (κ2) is 5.32. The Morgan fingerprint density at radius 1 is 1.55 bits per heavy atom. The first-order chi connectivity index (χ1) is 9.32. The van der Waals surface area contributed by atoms with Gasteiger partial charge in [0.25, 0.3) is 5.91 Å². The molecule has 2 unspecified atom stereocenters. The summed E-state index contributed by atoms with van der Waals surface area (Å²) in [6.07, 6.45) is 0.662. The molecule has 1 aliphatic rings. The molecule has 0 bridgehead atoms. The molecular weight excluding hydrogens is 256 g/mol. The fourth-order valence-corrected chi connectivity index (χ4v) is 2.47. The van der Waals surface area contributed by atoms with Crippen molar-refractivity contribution in [3.05, 3.63) is 23.8 Å². The van der Waals surface area contributed by atoms with E-state index in [4.69, 9.17) is 20.9 Å². The summed E-state index contributed by atoms with van der Waals surface area (Å²) in [5, 5.41) is 0. The number of carbonyl (C=O) groups is 1. The zero-order valence-corrected chi connectivity index (χ0v) is 12.2. The van der Waals surface area contributed by atoms with E-state index in [1.807, 2.05) is 26.8 Å². The van der Waals surface area contributed by atoms with Crippen molar-refractivity contribution in [2.24, 2.45) is 11.5 Å². The van der Waals surface area contributed by atoms with Crippen molar-refractivity contribution >= 4 is 5.91 Å². The van der Waals surface area contributed by atoms with Gasteiger partial charge in [0.15, 0.2) is 6.10 Å². The number of amides is 1. The Kier molecular flexibility index (Phi) is 3.90. The Morgan fingerprint density at radius 2 is 2.25 bits per heavy atom. The van der Waals surface area contributed by atoms with Crippen molar-refractivity contribution in [2.45, 2.75) is 51.4 Å². The Bertz CT molecular complexity index is 514. The molecular formula is C15H22N2O3. The van der Waals surface area contributed by atoms with Crippen molar-refractivity contribution < 1.29 is 14.3 Å². The van der Waals surface area contributed by atoms with Gasteiger partial charge in [-0.2, -0.15) is 0 Å². The summed E-state index contributed by atoms with van der Waals surface area (Å²) in [6, 6.07) is 5.41. The van der Waals surface area contributed by atoms with E-state index in [2.05, 4.69) is 0 Å². The van der Waals surface area contributed by atoms with E-state index >= 15 is 0 Å². The molecule has 1 aromatic carbocycles. The molecule has 0 fully saturated rings. The molecule has 0 saturated heterocycles. The van der Waals surface area contributed by atoms with Crippen LogP contribution < -0.4 is 20.9 Å². The van der Waals surface area contributed by atoms with Crippen LogP contribution in [0.1, 0.15) is 45.2 Å². The molecule has 1 amide bonds. The molecule has 1 aliphatic heterocycles. The summed E-state index contributed by atoms with van der Waals surface area (Å²) in [6.45, 7) is 5.85. The average Bonchev–Trinajstić information content (AvgIpc) is 2.33. The minimum Gasteiger partial charge on any atom is -0.487 e. The lowest BCUT2D eigenvalue weighted by Crippen LogP contribution is -2.37. The number of fused-ring (bicyclic) bond motifs is 1. The maximum absolute atomic E-state index is 11.2. The third-order valence-corrected chi connectivity index (χ3v) is 3.45. The second-order valence-electron chi connectivity index (χ2n) is 5.79. The molecule has 0 aromatic heterocycles. The van der Waals surface area contributed by atoms with Crippen LogP contribution in [0.4, 0.5) is 0 Å². The first-order valence-electron chi connectivity index (χ1n) is 6.87. The van der Waals surface area contributed by atoms with E-state index in [-0.39, 0.29) is 11.6 Å². The molecule has 5 heteroatoms. The van der Waals surface area contributed by atoms with Crippen LogP contribution in [0.2, 0.25) is 0 Å². The van der Waals surface area contributed by atoms with Crippen molar-refractivity contribution in [1.29, 1.82) is 0 Å². The third kappa shape index (κ3) is 3.04. The average molecular weight is 278 g/mol. The minimum absolute atomic E-state index is 0.0547. The van der Waals surface area contributed by atoms with Crippen molar-refractivity contribution in [3.63, 3.8) is 0 Å². The van der Waals surface area contributed by atoms with Crippen LogP contribution in [-0.4, -0.2) is 17.6 Å². The fourth-order valence-electron chi connectivity index (χ4n) is 2.47. The first kappa shape index (κ1) is 14.7. The number of nitrogens with two attached hydrogens (primary N) is 2. The van der Waals surface area contributed by atoms with Gasteiger partial charge < -0.3 is 20.9 Å². The van der Waals surface area contributed by atoms with Gasteiger partial charge >= 0.3 is 0 Å². The van der Waals surface area contributed by atoms with Crippen LogP contribution >= 0.6 is 0 Å². The predicted octanol–water partition coefficient (Wildman–Crippen LogP) is 1.89.